The Morgan fingerprint density at radius 3 is 1.64 bits per heavy atom. The Balaban J connectivity index is 0. The fourth-order valence-electron chi connectivity index (χ4n) is 4.94. The Labute approximate surface area is 337 Å². The molecule has 2 saturated heterocycles. The van der Waals surface area contributed by atoms with Gasteiger partial charge in [-0.25, -0.2) is 0 Å². The van der Waals surface area contributed by atoms with Crippen LogP contribution < -0.4 is 104 Å². The van der Waals surface area contributed by atoms with Crippen LogP contribution >= 0.6 is 0 Å². The Morgan fingerprint density at radius 2 is 1.23 bits per heavy atom. The first-order chi connectivity index (χ1) is 20.1. The molecule has 20 heteroatoms. The number of carbonyl (C=O) groups excluding carboxylic acids is 5. The molecular weight excluding hydrogens is 665 g/mol. The summed E-state index contributed by atoms with van der Waals surface area (Å²) >= 11 is 0. The molecule has 2 aliphatic heterocycles. The van der Waals surface area contributed by atoms with Gasteiger partial charge in [-0.05, 0) is 32.6 Å². The Kier molecular flexibility index (Phi) is 21.5. The van der Waals surface area contributed by atoms with Crippen LogP contribution in [0.15, 0.2) is 0 Å². The summed E-state index contributed by atoms with van der Waals surface area (Å²) in [6.45, 7) is 9.36. The molecule has 2 heterocycles. The van der Waals surface area contributed by atoms with E-state index in [0.717, 1.165) is 0 Å². The number of ether oxygens (including phenoxy) is 5. The van der Waals surface area contributed by atoms with Gasteiger partial charge in [-0.1, -0.05) is 20.8 Å². The number of aliphatic hydroxyl groups excluding tert-OH is 4. The number of carboxylic acid groups (broad SMARTS) is 3. The van der Waals surface area contributed by atoms with E-state index in [9.17, 15) is 59.7 Å². The Bertz CT molecular complexity index is 1050. The molecule has 13 atom stereocenters. The van der Waals surface area contributed by atoms with Gasteiger partial charge < -0.3 is 83.4 Å². The first kappa shape index (κ1) is 49.5. The van der Waals surface area contributed by atoms with Crippen molar-refractivity contribution in [2.24, 2.45) is 11.3 Å². The third-order valence-electron chi connectivity index (χ3n) is 7.04. The van der Waals surface area contributed by atoms with Gasteiger partial charge in [0.05, 0.1) is 23.6 Å². The number of rotatable bonds is 13. The van der Waals surface area contributed by atoms with E-state index in [1.807, 2.05) is 0 Å². The van der Waals surface area contributed by atoms with Crippen LogP contribution in [0.1, 0.15) is 48.0 Å². The maximum absolute atomic E-state index is 12.0. The van der Waals surface area contributed by atoms with Gasteiger partial charge in [0.2, 0.25) is 0 Å². The molecule has 0 saturated carbocycles. The predicted octanol–water partition coefficient (Wildman–Crippen LogP) is -15.0. The van der Waals surface area contributed by atoms with Gasteiger partial charge in [0.1, 0.15) is 73.6 Å². The van der Waals surface area contributed by atoms with Gasteiger partial charge in [-0.3, -0.25) is 0 Å². The van der Waals surface area contributed by atoms with Crippen molar-refractivity contribution < 1.29 is 172 Å². The van der Waals surface area contributed by atoms with Crippen LogP contribution in [-0.2, 0) is 47.7 Å². The summed E-state index contributed by atoms with van der Waals surface area (Å²) in [6, 6.07) is 0. The Hall–Kier alpha value is 0.390. The average Bonchev–Trinajstić information content (AvgIpc) is 2.89. The van der Waals surface area contributed by atoms with Crippen LogP contribution in [0.4, 0.5) is 0 Å². The van der Waals surface area contributed by atoms with E-state index in [1.165, 1.54) is 20.8 Å². The van der Waals surface area contributed by atoms with E-state index in [-0.39, 0.29) is 101 Å². The second kappa shape index (κ2) is 20.4. The number of aldehydes is 2. The Morgan fingerprint density at radius 1 is 0.745 bits per heavy atom. The normalized spacial score (nSPS) is 33.0. The van der Waals surface area contributed by atoms with Crippen LogP contribution in [0.3, 0.4) is 0 Å². The molecule has 2 aliphatic rings. The molecule has 0 radical (unpaired) electrons. The maximum Gasteiger partial charge on any atom is 1.00 e. The summed E-state index contributed by atoms with van der Waals surface area (Å²) in [7, 11) is 0. The van der Waals surface area contributed by atoms with Crippen LogP contribution in [-0.4, -0.2) is 130 Å². The molecule has 17 nitrogen and oxygen atoms in total. The monoisotopic (exact) mass is 704 g/mol. The minimum atomic E-state index is -2.12. The van der Waals surface area contributed by atoms with E-state index >= 15 is 0 Å². The minimum absolute atomic E-state index is 0. The summed E-state index contributed by atoms with van der Waals surface area (Å²) in [5, 5.41) is 77.9. The standard InChI is InChI=1S/C27H42O17.3Na/c1-26(2,3)21-15(32)13(30)17(19(42-21)23(36)37)40-10(8-28)7-11(22(34)35)12(9-29)41-25-16(33)14(31)18(44-27(4,5)6)20(43-25)24(38)39;;;/h8-21,25,30-33H,7H2,1-6H3,(H,34,35)(H,36,37)(H,38,39);;;/q;3*+1/p-3/t10?,11?,12?,13?,14?,15-,16-,17-,18-,19?,20?,21+,25+;;;/m1.../s1. The van der Waals surface area contributed by atoms with Crippen molar-refractivity contribution in [2.75, 3.05) is 0 Å². The van der Waals surface area contributed by atoms with Gasteiger partial charge in [0.25, 0.3) is 0 Å². The zero-order chi connectivity index (χ0) is 33.9. The molecular formula is C27H39Na3O17. The van der Waals surface area contributed by atoms with Crippen molar-refractivity contribution in [2.45, 2.75) is 127 Å². The minimum Gasteiger partial charge on any atom is -0.550 e. The summed E-state index contributed by atoms with van der Waals surface area (Å²) in [5.74, 6) is -7.85. The maximum atomic E-state index is 12.0. The molecule has 252 valence electrons. The third-order valence-corrected chi connectivity index (χ3v) is 7.04. The first-order valence-corrected chi connectivity index (χ1v) is 13.7. The SMILES string of the molecule is CC(C)(C)O[C@H]1C(C(=O)[O-])O[C@H](OC(C=O)C(CC(C=O)O[C@H]2C(C(=O)[O-])O[C@H](C(C)(C)C)[C@H](O)C2O)C(=O)[O-])[C@H](O)C1O.[Na+].[Na+].[Na+]. The first-order valence-electron chi connectivity index (χ1n) is 13.7. The van der Waals surface area contributed by atoms with Crippen LogP contribution in [0, 0.1) is 11.3 Å². The molecule has 0 aliphatic carbocycles. The van der Waals surface area contributed by atoms with E-state index in [2.05, 4.69) is 0 Å². The van der Waals surface area contributed by atoms with Crippen LogP contribution in [0.5, 0.6) is 0 Å². The summed E-state index contributed by atoms with van der Waals surface area (Å²) < 4.78 is 26.6. The number of aliphatic carboxylic acids is 3. The van der Waals surface area contributed by atoms with Crippen molar-refractivity contribution in [3.63, 3.8) is 0 Å². The molecule has 2 fully saturated rings. The van der Waals surface area contributed by atoms with Gasteiger partial charge in [-0.2, -0.15) is 0 Å². The summed E-state index contributed by atoms with van der Waals surface area (Å²) in [6.07, 6.45) is -23.7. The van der Waals surface area contributed by atoms with Crippen molar-refractivity contribution in [3.05, 3.63) is 0 Å². The smallest absolute Gasteiger partial charge is 0.550 e. The molecule has 0 bridgehead atoms. The van der Waals surface area contributed by atoms with Gasteiger partial charge >= 0.3 is 88.7 Å². The van der Waals surface area contributed by atoms with Crippen molar-refractivity contribution in [3.8, 4) is 0 Å². The fourth-order valence-corrected chi connectivity index (χ4v) is 4.94. The van der Waals surface area contributed by atoms with Crippen molar-refractivity contribution in [1.29, 1.82) is 0 Å². The second-order valence-electron chi connectivity index (χ2n) is 12.7. The molecule has 2 rings (SSSR count). The zero-order valence-electron chi connectivity index (χ0n) is 28.0. The van der Waals surface area contributed by atoms with Crippen molar-refractivity contribution >= 4 is 30.5 Å². The van der Waals surface area contributed by atoms with Gasteiger partial charge in [0.15, 0.2) is 6.29 Å². The number of carbonyl (C=O) groups is 5. The van der Waals surface area contributed by atoms with E-state index in [4.69, 9.17) is 23.7 Å². The summed E-state index contributed by atoms with van der Waals surface area (Å²) in [5.41, 5.74) is -1.90. The van der Waals surface area contributed by atoms with E-state index < -0.39 is 115 Å². The number of hydrogen-bond donors (Lipinski definition) is 4. The van der Waals surface area contributed by atoms with Crippen LogP contribution in [0.2, 0.25) is 0 Å². The third kappa shape index (κ3) is 13.1. The largest absolute Gasteiger partial charge is 1.00 e. The van der Waals surface area contributed by atoms with E-state index in [1.54, 1.807) is 20.8 Å². The van der Waals surface area contributed by atoms with E-state index in [0.29, 0.717) is 0 Å². The van der Waals surface area contributed by atoms with Crippen LogP contribution in [0.25, 0.3) is 0 Å². The zero-order valence-corrected chi connectivity index (χ0v) is 34.0. The molecule has 0 aromatic carbocycles. The summed E-state index contributed by atoms with van der Waals surface area (Å²) in [4.78, 5) is 59.4. The topological polar surface area (TPSA) is 282 Å². The molecule has 0 aromatic heterocycles. The van der Waals surface area contributed by atoms with Gasteiger partial charge in [-0.15, -0.1) is 0 Å². The van der Waals surface area contributed by atoms with Gasteiger partial charge in [0, 0.05) is 11.9 Å². The molecule has 0 spiro atoms. The quantitative estimate of drug-likeness (QED) is 0.102. The molecule has 7 unspecified atom stereocenters. The molecule has 0 amide bonds. The average molecular weight is 705 g/mol. The number of hydrogen-bond acceptors (Lipinski definition) is 17. The van der Waals surface area contributed by atoms with Crippen molar-refractivity contribution in [1.82, 2.24) is 0 Å². The fraction of sp³-hybridized carbons (Fsp3) is 0.815. The number of aliphatic hydroxyl groups is 4. The predicted molar refractivity (Wildman–Crippen MR) is 134 cm³/mol. The second-order valence-corrected chi connectivity index (χ2v) is 12.7. The molecule has 4 N–H and O–H groups in total. The molecule has 0 aromatic rings. The molecule has 47 heavy (non-hydrogen) atoms. The number of carboxylic acids is 3.